The highest BCUT2D eigenvalue weighted by molar-refractivity contribution is 7.89. The van der Waals surface area contributed by atoms with Crippen LogP contribution in [0.1, 0.15) is 58.4 Å². The molecule has 1 unspecified atom stereocenters. The molecule has 2 N–H and O–H groups in total. The zero-order chi connectivity index (χ0) is 27.1. The van der Waals surface area contributed by atoms with Gasteiger partial charge in [-0.3, -0.25) is 4.79 Å². The van der Waals surface area contributed by atoms with Gasteiger partial charge in [0.1, 0.15) is 5.75 Å². The first kappa shape index (κ1) is 29.1. The second-order valence-electron chi connectivity index (χ2n) is 10.6. The van der Waals surface area contributed by atoms with Crippen molar-refractivity contribution in [3.8, 4) is 5.75 Å². The molecule has 1 aliphatic rings. The van der Waals surface area contributed by atoms with Crippen LogP contribution in [0.2, 0.25) is 0 Å². The molecule has 1 amide bonds. The zero-order valence-corrected chi connectivity index (χ0v) is 23.3. The monoisotopic (exact) mass is 530 g/mol. The Hall–Kier alpha value is -2.42. The van der Waals surface area contributed by atoms with Gasteiger partial charge in [0.05, 0.1) is 24.2 Å². The van der Waals surface area contributed by atoms with Gasteiger partial charge < -0.3 is 15.2 Å². The summed E-state index contributed by atoms with van der Waals surface area (Å²) in [5.41, 5.74) is 0.554. The van der Waals surface area contributed by atoms with Crippen molar-refractivity contribution in [3.05, 3.63) is 60.2 Å². The minimum Gasteiger partial charge on any atom is -0.497 e. The summed E-state index contributed by atoms with van der Waals surface area (Å²) in [7, 11) is -2.35. The summed E-state index contributed by atoms with van der Waals surface area (Å²) in [5.74, 6) is 0.571. The number of aliphatic hydroxyl groups is 1. The van der Waals surface area contributed by atoms with Gasteiger partial charge in [-0.25, -0.2) is 8.42 Å². The van der Waals surface area contributed by atoms with Crippen LogP contribution in [0.15, 0.2) is 59.5 Å². The van der Waals surface area contributed by atoms with Crippen molar-refractivity contribution in [1.82, 2.24) is 9.62 Å². The van der Waals surface area contributed by atoms with Crippen molar-refractivity contribution in [2.24, 2.45) is 11.3 Å². The molecule has 2 aromatic carbocycles. The minimum atomic E-state index is -3.88. The van der Waals surface area contributed by atoms with Gasteiger partial charge in [-0.1, -0.05) is 63.9 Å². The number of ether oxygens (including phenoxy) is 1. The average molecular weight is 531 g/mol. The molecule has 1 aliphatic carbocycles. The van der Waals surface area contributed by atoms with Crippen LogP contribution in [0.3, 0.4) is 0 Å². The number of hydrogen-bond acceptors (Lipinski definition) is 5. The van der Waals surface area contributed by atoms with Crippen molar-refractivity contribution in [2.45, 2.75) is 76.3 Å². The molecule has 0 bridgehead atoms. The van der Waals surface area contributed by atoms with E-state index in [-0.39, 0.29) is 29.8 Å². The topological polar surface area (TPSA) is 95.9 Å². The highest BCUT2D eigenvalue weighted by atomic mass is 32.2. The van der Waals surface area contributed by atoms with Crippen LogP contribution >= 0.6 is 0 Å². The lowest BCUT2D eigenvalue weighted by atomic mass is 9.82. The van der Waals surface area contributed by atoms with Gasteiger partial charge >= 0.3 is 0 Å². The van der Waals surface area contributed by atoms with Crippen molar-refractivity contribution >= 4 is 15.9 Å². The van der Waals surface area contributed by atoms with Crippen LogP contribution in [0.25, 0.3) is 0 Å². The van der Waals surface area contributed by atoms with Crippen molar-refractivity contribution in [3.63, 3.8) is 0 Å². The summed E-state index contributed by atoms with van der Waals surface area (Å²) in [6.45, 7) is 6.05. The lowest BCUT2D eigenvalue weighted by Crippen LogP contribution is -2.53. The van der Waals surface area contributed by atoms with E-state index in [0.29, 0.717) is 12.2 Å². The normalized spacial score (nSPS) is 17.1. The predicted octanol–water partition coefficient (Wildman–Crippen LogP) is 4.40. The summed E-state index contributed by atoms with van der Waals surface area (Å²) in [4.78, 5) is 13.6. The smallest absolute Gasteiger partial charge is 0.243 e. The fourth-order valence-corrected chi connectivity index (χ4v) is 6.80. The molecule has 2 aromatic rings. The summed E-state index contributed by atoms with van der Waals surface area (Å²) < 4.78 is 33.7. The first-order valence-electron chi connectivity index (χ1n) is 13.3. The number of amides is 1. The molecular formula is C29H42N2O5S. The molecular weight excluding hydrogens is 488 g/mol. The van der Waals surface area contributed by atoms with Crippen LogP contribution in [-0.2, 0) is 21.2 Å². The van der Waals surface area contributed by atoms with Crippen molar-refractivity contribution in [2.75, 3.05) is 20.2 Å². The highest BCUT2D eigenvalue weighted by Crippen LogP contribution is 2.41. The van der Waals surface area contributed by atoms with E-state index in [1.807, 2.05) is 51.1 Å². The first-order chi connectivity index (χ1) is 17.6. The van der Waals surface area contributed by atoms with Gasteiger partial charge in [0.2, 0.25) is 15.9 Å². The molecule has 0 aliphatic heterocycles. The molecule has 1 fully saturated rings. The molecule has 0 heterocycles. The Labute approximate surface area is 222 Å². The fraction of sp³-hybridized carbons (Fsp3) is 0.552. The van der Waals surface area contributed by atoms with Crippen LogP contribution in [0, 0.1) is 11.3 Å². The third kappa shape index (κ3) is 7.33. The maximum absolute atomic E-state index is 13.6. The van der Waals surface area contributed by atoms with Gasteiger partial charge in [-0.15, -0.1) is 0 Å². The lowest BCUT2D eigenvalue weighted by molar-refractivity contribution is -0.132. The quantitative estimate of drug-likeness (QED) is 0.400. The van der Waals surface area contributed by atoms with E-state index in [9.17, 15) is 18.3 Å². The van der Waals surface area contributed by atoms with E-state index in [1.165, 1.54) is 23.5 Å². The number of nitrogens with zero attached hydrogens (tertiary/aromatic N) is 1. The van der Waals surface area contributed by atoms with E-state index in [1.54, 1.807) is 12.1 Å². The molecule has 1 saturated carbocycles. The van der Waals surface area contributed by atoms with Gasteiger partial charge in [-0.2, -0.15) is 4.31 Å². The molecule has 0 radical (unpaired) electrons. The minimum absolute atomic E-state index is 0.0408. The Morgan fingerprint density at radius 2 is 1.68 bits per heavy atom. The summed E-state index contributed by atoms with van der Waals surface area (Å²) >= 11 is 0. The van der Waals surface area contributed by atoms with Gasteiger partial charge in [0, 0.05) is 18.5 Å². The zero-order valence-electron chi connectivity index (χ0n) is 22.5. The van der Waals surface area contributed by atoms with Crippen LogP contribution in [0.4, 0.5) is 0 Å². The van der Waals surface area contributed by atoms with E-state index < -0.39 is 27.6 Å². The Bertz CT molecular complexity index is 1100. The third-order valence-electron chi connectivity index (χ3n) is 7.46. The highest BCUT2D eigenvalue weighted by Gasteiger charge is 2.41. The average Bonchev–Trinajstić information content (AvgIpc) is 3.39. The maximum Gasteiger partial charge on any atom is 0.243 e. The van der Waals surface area contributed by atoms with E-state index in [4.69, 9.17) is 4.74 Å². The standard InChI is InChI=1S/C29H42N2O5S/c1-5-29(17-9-10-18-29)28(33)30-26(19-23-11-7-6-8-12-23)27(32)21-31(20-22(2)3)37(34,35)25-15-13-24(36-4)14-16-25/h6-8,11-16,22,26-27,32H,5,9-10,17-21H2,1-4H3,(H,30,33)/t26?,27-/m1/s1. The summed E-state index contributed by atoms with van der Waals surface area (Å²) in [6.07, 6.45) is 3.80. The number of hydrogen-bond donors (Lipinski definition) is 2. The van der Waals surface area contributed by atoms with Crippen LogP contribution < -0.4 is 10.1 Å². The number of carbonyl (C=O) groups is 1. The van der Waals surface area contributed by atoms with Gasteiger partial charge in [0.25, 0.3) is 0 Å². The Kier molecular flexibility index (Phi) is 10.2. The molecule has 37 heavy (non-hydrogen) atoms. The largest absolute Gasteiger partial charge is 0.497 e. The number of nitrogens with one attached hydrogen (secondary N) is 1. The van der Waals surface area contributed by atoms with Crippen molar-refractivity contribution in [1.29, 1.82) is 0 Å². The van der Waals surface area contributed by atoms with Crippen molar-refractivity contribution < 1.29 is 23.1 Å². The number of carbonyl (C=O) groups excluding carboxylic acids is 1. The second kappa shape index (κ2) is 12.9. The molecule has 0 spiro atoms. The molecule has 2 atom stereocenters. The van der Waals surface area contributed by atoms with E-state index in [2.05, 4.69) is 5.32 Å². The van der Waals surface area contributed by atoms with Crippen LogP contribution in [0.5, 0.6) is 5.75 Å². The number of rotatable bonds is 13. The Morgan fingerprint density at radius 3 is 2.22 bits per heavy atom. The SMILES string of the molecule is CCC1(C(=O)NC(Cc2ccccc2)[C@H](O)CN(CC(C)C)S(=O)(=O)c2ccc(OC)cc2)CCCC1. The van der Waals surface area contributed by atoms with Crippen LogP contribution in [-0.4, -0.2) is 56.1 Å². The number of methoxy groups -OCH3 is 1. The van der Waals surface area contributed by atoms with E-state index in [0.717, 1.165) is 37.7 Å². The Morgan fingerprint density at radius 1 is 1.05 bits per heavy atom. The second-order valence-corrected chi connectivity index (χ2v) is 12.5. The fourth-order valence-electron chi connectivity index (χ4n) is 5.18. The maximum atomic E-state index is 13.6. The summed E-state index contributed by atoms with van der Waals surface area (Å²) in [5, 5.41) is 14.6. The third-order valence-corrected chi connectivity index (χ3v) is 9.30. The molecule has 8 heteroatoms. The predicted molar refractivity (Wildman–Crippen MR) is 146 cm³/mol. The summed E-state index contributed by atoms with van der Waals surface area (Å²) in [6, 6.07) is 15.3. The lowest BCUT2D eigenvalue weighted by Gasteiger charge is -2.34. The molecule has 0 saturated heterocycles. The van der Waals surface area contributed by atoms with Gasteiger partial charge in [-0.05, 0) is 61.4 Å². The molecule has 204 valence electrons. The number of sulfonamides is 1. The number of benzene rings is 2. The number of aliphatic hydroxyl groups excluding tert-OH is 1. The van der Waals surface area contributed by atoms with E-state index >= 15 is 0 Å². The molecule has 0 aromatic heterocycles. The first-order valence-corrected chi connectivity index (χ1v) is 14.7. The molecule has 7 nitrogen and oxygen atoms in total. The molecule has 3 rings (SSSR count). The van der Waals surface area contributed by atoms with Gasteiger partial charge in [0.15, 0.2) is 0 Å². The Balaban J connectivity index is 1.87.